The molecule has 1 heterocycles. The first kappa shape index (κ1) is 15.5. The summed E-state index contributed by atoms with van der Waals surface area (Å²) >= 11 is 2.31. The Hall–Kier alpha value is -1.36. The molecule has 3 aromatic rings. The number of hydrogen-bond donors (Lipinski definition) is 1. The predicted octanol–water partition coefficient (Wildman–Crippen LogP) is 5.87. The zero-order valence-electron chi connectivity index (χ0n) is 13.0. The van der Waals surface area contributed by atoms with Gasteiger partial charge in [-0.15, -0.1) is 0 Å². The third-order valence-corrected chi connectivity index (χ3v) is 5.53. The minimum atomic E-state index is -0.245. The molecule has 1 nitrogen and oxygen atoms in total. The van der Waals surface area contributed by atoms with Crippen LogP contribution in [0.15, 0.2) is 48.7 Å². The summed E-state index contributed by atoms with van der Waals surface area (Å²) in [5.74, 6) is 0.178. The molecule has 1 unspecified atom stereocenters. The number of fused-ring (bicyclic) bond motifs is 1. The molecule has 2 aromatic carbocycles. The van der Waals surface area contributed by atoms with Crippen LogP contribution in [0.25, 0.3) is 10.9 Å². The standard InChI is InChI=1S/C19H19FIN/c1-12(2)19(3,13-7-9-14(21)10-8-13)15-11-22-17-6-4-5-16(20)18(15)17/h4-12,22H,1-3H3. The maximum absolute atomic E-state index is 14.4. The topological polar surface area (TPSA) is 15.8 Å². The molecule has 1 atom stereocenters. The first-order valence-corrected chi connectivity index (χ1v) is 8.54. The van der Waals surface area contributed by atoms with Gasteiger partial charge >= 0.3 is 0 Å². The van der Waals surface area contributed by atoms with Gasteiger partial charge in [0.05, 0.1) is 0 Å². The molecule has 0 aliphatic rings. The van der Waals surface area contributed by atoms with E-state index in [4.69, 9.17) is 0 Å². The van der Waals surface area contributed by atoms with Crippen LogP contribution in [0.2, 0.25) is 0 Å². The molecule has 114 valence electrons. The van der Waals surface area contributed by atoms with Crippen LogP contribution in [-0.2, 0) is 5.41 Å². The van der Waals surface area contributed by atoms with E-state index in [1.807, 2.05) is 12.3 Å². The maximum Gasteiger partial charge on any atom is 0.132 e. The molecular weight excluding hydrogens is 388 g/mol. The van der Waals surface area contributed by atoms with Gasteiger partial charge in [-0.1, -0.05) is 39.0 Å². The number of rotatable bonds is 3. The molecule has 0 saturated carbocycles. The van der Waals surface area contributed by atoms with E-state index in [0.29, 0.717) is 11.3 Å². The minimum absolute atomic E-state index is 0.161. The molecule has 0 radical (unpaired) electrons. The van der Waals surface area contributed by atoms with Crippen molar-refractivity contribution in [3.05, 3.63) is 69.2 Å². The summed E-state index contributed by atoms with van der Waals surface area (Å²) in [5.41, 5.74) is 2.85. The van der Waals surface area contributed by atoms with Crippen molar-refractivity contribution >= 4 is 33.5 Å². The summed E-state index contributed by atoms with van der Waals surface area (Å²) in [4.78, 5) is 3.23. The van der Waals surface area contributed by atoms with E-state index in [2.05, 4.69) is 72.6 Å². The summed E-state index contributed by atoms with van der Waals surface area (Å²) in [6.07, 6.45) is 1.96. The molecular formula is C19H19FIN. The van der Waals surface area contributed by atoms with Crippen molar-refractivity contribution in [3.63, 3.8) is 0 Å². The summed E-state index contributed by atoms with van der Waals surface area (Å²) in [6.45, 7) is 6.59. The Balaban J connectivity index is 2.29. The summed E-state index contributed by atoms with van der Waals surface area (Å²) in [6, 6.07) is 13.7. The number of nitrogens with one attached hydrogen (secondary N) is 1. The summed E-state index contributed by atoms with van der Waals surface area (Å²) in [5, 5.41) is 0.706. The molecule has 0 amide bonds. The van der Waals surface area contributed by atoms with E-state index >= 15 is 0 Å². The van der Waals surface area contributed by atoms with Crippen molar-refractivity contribution in [2.45, 2.75) is 26.2 Å². The number of benzene rings is 2. The molecule has 0 fully saturated rings. The number of halogens is 2. The van der Waals surface area contributed by atoms with E-state index in [0.717, 1.165) is 11.1 Å². The van der Waals surface area contributed by atoms with Crippen LogP contribution in [0, 0.1) is 15.3 Å². The van der Waals surface area contributed by atoms with Crippen molar-refractivity contribution in [1.82, 2.24) is 4.98 Å². The van der Waals surface area contributed by atoms with E-state index in [1.54, 1.807) is 6.07 Å². The van der Waals surface area contributed by atoms with Crippen molar-refractivity contribution in [2.75, 3.05) is 0 Å². The van der Waals surface area contributed by atoms with Crippen LogP contribution >= 0.6 is 22.6 Å². The third-order valence-electron chi connectivity index (χ3n) is 4.81. The van der Waals surface area contributed by atoms with Gasteiger partial charge in [-0.3, -0.25) is 0 Å². The Bertz CT molecular complexity index is 804. The largest absolute Gasteiger partial charge is 0.361 e. The normalized spacial score (nSPS) is 14.5. The van der Waals surface area contributed by atoms with Crippen molar-refractivity contribution in [1.29, 1.82) is 0 Å². The Morgan fingerprint density at radius 2 is 1.77 bits per heavy atom. The number of H-pyrrole nitrogens is 1. The molecule has 0 aliphatic carbocycles. The van der Waals surface area contributed by atoms with Crippen LogP contribution in [-0.4, -0.2) is 4.98 Å². The lowest BCUT2D eigenvalue weighted by Gasteiger charge is -2.34. The average Bonchev–Trinajstić information content (AvgIpc) is 2.93. The molecule has 0 saturated heterocycles. The van der Waals surface area contributed by atoms with Crippen LogP contribution < -0.4 is 0 Å². The van der Waals surface area contributed by atoms with E-state index < -0.39 is 0 Å². The monoisotopic (exact) mass is 407 g/mol. The van der Waals surface area contributed by atoms with Gasteiger partial charge in [0.25, 0.3) is 0 Å². The number of hydrogen-bond acceptors (Lipinski definition) is 0. The Kier molecular flexibility index (Phi) is 4.02. The first-order chi connectivity index (χ1) is 10.4. The van der Waals surface area contributed by atoms with Gasteiger partial charge in [-0.2, -0.15) is 0 Å². The van der Waals surface area contributed by atoms with Gasteiger partial charge in [-0.05, 0) is 63.9 Å². The molecule has 22 heavy (non-hydrogen) atoms. The second-order valence-corrected chi connectivity index (χ2v) is 7.47. The highest BCUT2D eigenvalue weighted by Crippen LogP contribution is 2.42. The lowest BCUT2D eigenvalue weighted by atomic mass is 9.68. The van der Waals surface area contributed by atoms with Gasteiger partial charge in [0.2, 0.25) is 0 Å². The Morgan fingerprint density at radius 3 is 2.41 bits per heavy atom. The summed E-state index contributed by atoms with van der Waals surface area (Å²) < 4.78 is 15.6. The highest BCUT2D eigenvalue weighted by atomic mass is 127. The number of aromatic nitrogens is 1. The number of aromatic amines is 1. The van der Waals surface area contributed by atoms with Gasteiger partial charge in [-0.25, -0.2) is 4.39 Å². The second-order valence-electron chi connectivity index (χ2n) is 6.23. The fourth-order valence-corrected chi connectivity index (χ4v) is 3.51. The van der Waals surface area contributed by atoms with Crippen LogP contribution in [0.4, 0.5) is 4.39 Å². The van der Waals surface area contributed by atoms with Crippen LogP contribution in [0.1, 0.15) is 31.9 Å². The van der Waals surface area contributed by atoms with Crippen LogP contribution in [0.3, 0.4) is 0 Å². The molecule has 1 aromatic heterocycles. The zero-order chi connectivity index (χ0) is 15.9. The highest BCUT2D eigenvalue weighted by molar-refractivity contribution is 14.1. The fraction of sp³-hybridized carbons (Fsp3) is 0.263. The van der Waals surface area contributed by atoms with Crippen LogP contribution in [0.5, 0.6) is 0 Å². The average molecular weight is 407 g/mol. The van der Waals surface area contributed by atoms with Gasteiger partial charge in [0.15, 0.2) is 0 Å². The Labute approximate surface area is 144 Å². The lowest BCUT2D eigenvalue weighted by molar-refractivity contribution is 0.407. The van der Waals surface area contributed by atoms with E-state index in [-0.39, 0.29) is 11.2 Å². The minimum Gasteiger partial charge on any atom is -0.361 e. The predicted molar refractivity (Wildman–Crippen MR) is 98.7 cm³/mol. The van der Waals surface area contributed by atoms with Gasteiger partial charge < -0.3 is 4.98 Å². The fourth-order valence-electron chi connectivity index (χ4n) is 3.15. The molecule has 0 spiro atoms. The van der Waals surface area contributed by atoms with Gasteiger partial charge in [0, 0.05) is 26.1 Å². The van der Waals surface area contributed by atoms with Crippen molar-refractivity contribution in [3.8, 4) is 0 Å². The first-order valence-electron chi connectivity index (χ1n) is 7.46. The molecule has 0 bridgehead atoms. The molecule has 1 N–H and O–H groups in total. The molecule has 0 aliphatic heterocycles. The van der Waals surface area contributed by atoms with Crippen molar-refractivity contribution < 1.29 is 4.39 Å². The molecule has 3 heteroatoms. The second kappa shape index (κ2) is 5.69. The summed E-state index contributed by atoms with van der Waals surface area (Å²) in [7, 11) is 0. The molecule has 3 rings (SSSR count). The SMILES string of the molecule is CC(C)C(C)(c1ccc(I)cc1)c1c[nH]c2cccc(F)c12. The smallest absolute Gasteiger partial charge is 0.132 e. The highest BCUT2D eigenvalue weighted by Gasteiger charge is 2.35. The van der Waals surface area contributed by atoms with E-state index in [1.165, 1.54) is 15.2 Å². The van der Waals surface area contributed by atoms with Crippen molar-refractivity contribution in [2.24, 2.45) is 5.92 Å². The lowest BCUT2D eigenvalue weighted by Crippen LogP contribution is -2.30. The third kappa shape index (κ3) is 2.35. The maximum atomic E-state index is 14.4. The van der Waals surface area contributed by atoms with Gasteiger partial charge in [0.1, 0.15) is 5.82 Å². The quantitative estimate of drug-likeness (QED) is 0.523. The van der Waals surface area contributed by atoms with E-state index in [9.17, 15) is 4.39 Å². The zero-order valence-corrected chi connectivity index (χ0v) is 15.1. The Morgan fingerprint density at radius 1 is 1.09 bits per heavy atom.